The summed E-state index contributed by atoms with van der Waals surface area (Å²) in [5.41, 5.74) is 3.63. The van der Waals surface area contributed by atoms with Crippen LogP contribution in [-0.4, -0.2) is 26.9 Å². The van der Waals surface area contributed by atoms with Crippen molar-refractivity contribution in [3.8, 4) is 5.88 Å². The molecule has 2 aromatic heterocycles. The lowest BCUT2D eigenvalue weighted by Crippen LogP contribution is -2.16. The van der Waals surface area contributed by atoms with Crippen molar-refractivity contribution in [3.63, 3.8) is 0 Å². The highest BCUT2D eigenvalue weighted by Crippen LogP contribution is 2.50. The van der Waals surface area contributed by atoms with Crippen LogP contribution in [-0.2, 0) is 0 Å². The largest absolute Gasteiger partial charge is 0.480 e. The maximum absolute atomic E-state index is 5.57. The molecule has 0 aliphatic heterocycles. The highest BCUT2D eigenvalue weighted by Gasteiger charge is 2.36. The minimum atomic E-state index is 0.596. The van der Waals surface area contributed by atoms with E-state index in [1.54, 1.807) is 7.11 Å². The van der Waals surface area contributed by atoms with Gasteiger partial charge in [-0.3, -0.25) is 0 Å². The monoisotopic (exact) mass is 288 g/mol. The number of aryl methyl sites for hydroxylation is 1. The zero-order chi connectivity index (χ0) is 15.0. The first-order chi connectivity index (χ1) is 10.3. The predicted octanol–water partition coefficient (Wildman–Crippen LogP) is 3.61. The molecule has 0 aromatic carbocycles. The Balaban J connectivity index is 0.000000636. The number of ether oxygens (including phenoxy) is 1. The highest BCUT2D eigenvalue weighted by molar-refractivity contribution is 5.58. The van der Waals surface area contributed by atoms with E-state index in [1.165, 1.54) is 43.2 Å². The van der Waals surface area contributed by atoms with Crippen molar-refractivity contribution in [1.82, 2.24) is 19.8 Å². The number of nitrogens with zero attached hydrogens (tertiary/aromatic N) is 4. The molecule has 0 N–H and O–H groups in total. The van der Waals surface area contributed by atoms with E-state index in [0.29, 0.717) is 11.8 Å². The Hall–Kier alpha value is -1.65. The Morgan fingerprint density at radius 1 is 1.00 bits per heavy atom. The maximum Gasteiger partial charge on any atom is 0.235 e. The molecule has 0 saturated heterocycles. The van der Waals surface area contributed by atoms with E-state index in [1.807, 2.05) is 25.3 Å². The molecule has 3 aliphatic rings. The van der Waals surface area contributed by atoms with Gasteiger partial charge in [-0.15, -0.1) is 15.3 Å². The first-order valence-electron chi connectivity index (χ1n) is 8.09. The molecule has 0 radical (unpaired) electrons. The van der Waals surface area contributed by atoms with Gasteiger partial charge in [0.2, 0.25) is 5.88 Å². The number of methoxy groups -OCH3 is 1. The Bertz CT molecular complexity index is 645. The second-order valence-electron chi connectivity index (χ2n) is 5.72. The number of hydrogen-bond acceptors (Lipinski definition) is 4. The van der Waals surface area contributed by atoms with E-state index in [-0.39, 0.29) is 0 Å². The van der Waals surface area contributed by atoms with Gasteiger partial charge < -0.3 is 4.74 Å². The van der Waals surface area contributed by atoms with Crippen molar-refractivity contribution in [2.45, 2.75) is 64.7 Å². The molecule has 2 heterocycles. The Kier molecular flexibility index (Phi) is 3.83. The fourth-order valence-corrected chi connectivity index (χ4v) is 3.85. The summed E-state index contributed by atoms with van der Waals surface area (Å²) < 4.78 is 7.41. The van der Waals surface area contributed by atoms with Crippen LogP contribution >= 0.6 is 0 Å². The molecule has 3 aliphatic carbocycles. The summed E-state index contributed by atoms with van der Waals surface area (Å²) in [5, 5.41) is 13.1. The van der Waals surface area contributed by atoms with E-state index in [4.69, 9.17) is 4.74 Å². The third kappa shape index (κ3) is 2.10. The molecule has 2 atom stereocenters. The van der Waals surface area contributed by atoms with Crippen molar-refractivity contribution in [1.29, 1.82) is 0 Å². The zero-order valence-electron chi connectivity index (χ0n) is 13.4. The lowest BCUT2D eigenvalue weighted by molar-refractivity contribution is 0.370. The van der Waals surface area contributed by atoms with Gasteiger partial charge in [0.1, 0.15) is 0 Å². The van der Waals surface area contributed by atoms with Crippen LogP contribution in [0.2, 0.25) is 0 Å². The van der Waals surface area contributed by atoms with Crippen LogP contribution < -0.4 is 4.74 Å². The number of hydrogen-bond donors (Lipinski definition) is 0. The lowest BCUT2D eigenvalue weighted by Gasteiger charge is -2.28. The van der Waals surface area contributed by atoms with E-state index in [9.17, 15) is 0 Å². The summed E-state index contributed by atoms with van der Waals surface area (Å²) in [4.78, 5) is 0. The molecule has 5 nitrogen and oxygen atoms in total. The van der Waals surface area contributed by atoms with Gasteiger partial charge >= 0.3 is 0 Å². The van der Waals surface area contributed by atoms with Crippen LogP contribution in [0.1, 0.15) is 74.7 Å². The summed E-state index contributed by atoms with van der Waals surface area (Å²) in [6.45, 7) is 5.94. The normalized spacial score (nSPS) is 23.2. The molecular formula is C16H24N4O. The molecule has 114 valence electrons. The Labute approximate surface area is 125 Å². The van der Waals surface area contributed by atoms with Crippen molar-refractivity contribution in [2.75, 3.05) is 7.11 Å². The van der Waals surface area contributed by atoms with Crippen LogP contribution in [0, 0.1) is 6.92 Å². The van der Waals surface area contributed by atoms with Crippen molar-refractivity contribution in [2.24, 2.45) is 0 Å². The first kappa shape index (κ1) is 14.3. The van der Waals surface area contributed by atoms with Gasteiger partial charge in [-0.2, -0.15) is 4.52 Å². The van der Waals surface area contributed by atoms with Gasteiger partial charge in [-0.25, -0.2) is 0 Å². The Morgan fingerprint density at radius 2 is 1.67 bits per heavy atom. The molecule has 21 heavy (non-hydrogen) atoms. The van der Waals surface area contributed by atoms with Crippen LogP contribution in [0.4, 0.5) is 0 Å². The molecule has 2 bridgehead atoms. The summed E-state index contributed by atoms with van der Waals surface area (Å²) in [5.74, 6) is 2.81. The molecule has 2 unspecified atom stereocenters. The molecule has 5 rings (SSSR count). The standard InChI is InChI=1S/C14H18N4O.C2H6/c1-8-15-16-13-11-9-4-3-5-10(7-6-9)12(11)14(19-2)17-18(8)13;1-2/h9-10H,3-7H2,1-2H3;1-2H3. The van der Waals surface area contributed by atoms with Crippen molar-refractivity contribution in [3.05, 3.63) is 17.0 Å². The van der Waals surface area contributed by atoms with E-state index < -0.39 is 0 Å². The van der Waals surface area contributed by atoms with Gasteiger partial charge in [0.15, 0.2) is 11.5 Å². The molecule has 5 heteroatoms. The fourth-order valence-electron chi connectivity index (χ4n) is 3.85. The summed E-state index contributed by atoms with van der Waals surface area (Å²) in [7, 11) is 1.71. The minimum Gasteiger partial charge on any atom is -0.480 e. The molecule has 0 amide bonds. The highest BCUT2D eigenvalue weighted by atomic mass is 16.5. The zero-order valence-corrected chi connectivity index (χ0v) is 13.4. The molecule has 0 spiro atoms. The van der Waals surface area contributed by atoms with Crippen LogP contribution in [0.5, 0.6) is 5.88 Å². The van der Waals surface area contributed by atoms with Gasteiger partial charge in [0, 0.05) is 11.1 Å². The Morgan fingerprint density at radius 3 is 2.33 bits per heavy atom. The second kappa shape index (κ2) is 5.62. The first-order valence-corrected chi connectivity index (χ1v) is 8.09. The van der Waals surface area contributed by atoms with Crippen LogP contribution in [0.15, 0.2) is 0 Å². The minimum absolute atomic E-state index is 0.596. The third-order valence-electron chi connectivity index (χ3n) is 4.73. The number of rotatable bonds is 1. The smallest absolute Gasteiger partial charge is 0.235 e. The van der Waals surface area contributed by atoms with Crippen molar-refractivity contribution < 1.29 is 4.74 Å². The number of fused-ring (bicyclic) bond motifs is 4. The SMILES string of the molecule is CC.COc1nn2c(C)nnc2c2c1C1CCCC2CC1. The summed E-state index contributed by atoms with van der Waals surface area (Å²) in [6.07, 6.45) is 6.35. The molecular weight excluding hydrogens is 264 g/mol. The van der Waals surface area contributed by atoms with Gasteiger partial charge in [0.25, 0.3) is 0 Å². The molecule has 2 aromatic rings. The molecule has 1 fully saturated rings. The van der Waals surface area contributed by atoms with Gasteiger partial charge in [-0.1, -0.05) is 20.3 Å². The van der Waals surface area contributed by atoms with E-state index in [2.05, 4.69) is 15.3 Å². The quantitative estimate of drug-likeness (QED) is 0.804. The fraction of sp³-hybridized carbons (Fsp3) is 0.688. The van der Waals surface area contributed by atoms with E-state index >= 15 is 0 Å². The lowest BCUT2D eigenvalue weighted by atomic mass is 9.79. The topological polar surface area (TPSA) is 52.3 Å². The average Bonchev–Trinajstić information content (AvgIpc) is 2.73. The summed E-state index contributed by atoms with van der Waals surface area (Å²) in [6, 6.07) is 0. The van der Waals surface area contributed by atoms with Gasteiger partial charge in [-0.05, 0) is 44.4 Å². The van der Waals surface area contributed by atoms with Crippen LogP contribution in [0.25, 0.3) is 5.65 Å². The van der Waals surface area contributed by atoms with Gasteiger partial charge in [0.05, 0.1) is 7.11 Å². The second-order valence-corrected chi connectivity index (χ2v) is 5.72. The van der Waals surface area contributed by atoms with E-state index in [0.717, 1.165) is 17.4 Å². The predicted molar refractivity (Wildman–Crippen MR) is 82.0 cm³/mol. The summed E-state index contributed by atoms with van der Waals surface area (Å²) >= 11 is 0. The van der Waals surface area contributed by atoms with Crippen molar-refractivity contribution >= 4 is 5.65 Å². The van der Waals surface area contributed by atoms with Crippen LogP contribution in [0.3, 0.4) is 0 Å². The number of aromatic nitrogens is 4. The molecule has 1 saturated carbocycles. The average molecular weight is 288 g/mol. The maximum atomic E-state index is 5.57. The third-order valence-corrected chi connectivity index (χ3v) is 4.73.